The van der Waals surface area contributed by atoms with E-state index in [1.165, 1.54) is 6.92 Å². The van der Waals surface area contributed by atoms with E-state index in [-0.39, 0.29) is 12.7 Å². The van der Waals surface area contributed by atoms with Crippen LogP contribution >= 0.6 is 0 Å². The molecule has 56 valence electrons. The van der Waals surface area contributed by atoms with Crippen LogP contribution in [0.25, 0.3) is 0 Å². The zero-order valence-corrected chi connectivity index (χ0v) is 6.09. The summed E-state index contributed by atoms with van der Waals surface area (Å²) in [6.07, 6.45) is -0.0628. The summed E-state index contributed by atoms with van der Waals surface area (Å²) in [5, 5.41) is 17.5. The molecule has 0 aliphatic carbocycles. The van der Waals surface area contributed by atoms with Gasteiger partial charge in [-0.05, 0) is 20.8 Å². The van der Waals surface area contributed by atoms with Crippen molar-refractivity contribution in [1.82, 2.24) is 0 Å². The topological polar surface area (TPSA) is 49.7 Å². The van der Waals surface area contributed by atoms with Crippen molar-refractivity contribution < 1.29 is 14.9 Å². The highest BCUT2D eigenvalue weighted by Gasteiger charge is 2.20. The first-order valence-electron chi connectivity index (χ1n) is 2.99. The Kier molecular flexibility index (Phi) is 3.11. The Bertz CT molecular complexity index is 78.4. The summed E-state index contributed by atoms with van der Waals surface area (Å²) in [5.74, 6) is -1.38. The fraction of sp³-hybridized carbons (Fsp3) is 1.00. The first-order valence-corrected chi connectivity index (χ1v) is 2.99. The molecule has 0 radical (unpaired) electrons. The molecule has 0 saturated heterocycles. The minimum absolute atomic E-state index is 0.0628. The van der Waals surface area contributed by atoms with Crippen LogP contribution in [0.1, 0.15) is 20.8 Å². The smallest absolute Gasteiger partial charge is 0.186 e. The lowest BCUT2D eigenvalue weighted by Gasteiger charge is -2.23. The van der Waals surface area contributed by atoms with Gasteiger partial charge in [0.2, 0.25) is 0 Å². The van der Waals surface area contributed by atoms with Gasteiger partial charge in [0.25, 0.3) is 0 Å². The molecule has 0 aromatic rings. The molecule has 3 nitrogen and oxygen atoms in total. The third-order valence-electron chi connectivity index (χ3n) is 0.783. The SMILES string of the molecule is CC(C)OC(C)(O)CO. The Morgan fingerprint density at radius 2 is 2.00 bits per heavy atom. The second-order valence-electron chi connectivity index (χ2n) is 2.50. The number of rotatable bonds is 3. The van der Waals surface area contributed by atoms with Crippen LogP contribution in [-0.4, -0.2) is 28.7 Å². The van der Waals surface area contributed by atoms with E-state index in [9.17, 15) is 0 Å². The average molecular weight is 134 g/mol. The number of aliphatic hydroxyl groups excluding tert-OH is 1. The van der Waals surface area contributed by atoms with Crippen molar-refractivity contribution >= 4 is 0 Å². The minimum Gasteiger partial charge on any atom is -0.391 e. The second kappa shape index (κ2) is 3.15. The Hall–Kier alpha value is -0.120. The summed E-state index contributed by atoms with van der Waals surface area (Å²) in [5.41, 5.74) is 0. The van der Waals surface area contributed by atoms with Gasteiger partial charge in [-0.3, -0.25) is 0 Å². The van der Waals surface area contributed by atoms with Crippen molar-refractivity contribution in [2.75, 3.05) is 6.61 Å². The number of aliphatic hydroxyl groups is 2. The molecule has 0 spiro atoms. The van der Waals surface area contributed by atoms with E-state index in [2.05, 4.69) is 0 Å². The standard InChI is InChI=1S/C6H14O3/c1-5(2)9-6(3,8)4-7/h5,7-8H,4H2,1-3H3. The van der Waals surface area contributed by atoms with E-state index in [0.29, 0.717) is 0 Å². The maximum Gasteiger partial charge on any atom is 0.186 e. The Morgan fingerprint density at radius 3 is 2.11 bits per heavy atom. The fourth-order valence-corrected chi connectivity index (χ4v) is 0.545. The van der Waals surface area contributed by atoms with E-state index in [0.717, 1.165) is 0 Å². The van der Waals surface area contributed by atoms with Crippen LogP contribution in [0, 0.1) is 0 Å². The predicted octanol–water partition coefficient (Wildman–Crippen LogP) is 0.112. The van der Waals surface area contributed by atoms with Crippen molar-refractivity contribution in [3.8, 4) is 0 Å². The molecule has 2 N–H and O–H groups in total. The van der Waals surface area contributed by atoms with Crippen LogP contribution in [0.4, 0.5) is 0 Å². The van der Waals surface area contributed by atoms with E-state index < -0.39 is 5.79 Å². The zero-order valence-electron chi connectivity index (χ0n) is 6.09. The molecule has 0 fully saturated rings. The normalized spacial score (nSPS) is 18.0. The number of hydrogen-bond acceptors (Lipinski definition) is 3. The average Bonchev–Trinajstić information content (AvgIpc) is 1.63. The Morgan fingerprint density at radius 1 is 1.56 bits per heavy atom. The largest absolute Gasteiger partial charge is 0.391 e. The van der Waals surface area contributed by atoms with Gasteiger partial charge in [-0.15, -0.1) is 0 Å². The van der Waals surface area contributed by atoms with E-state index >= 15 is 0 Å². The van der Waals surface area contributed by atoms with Gasteiger partial charge < -0.3 is 14.9 Å². The molecule has 0 amide bonds. The van der Waals surface area contributed by atoms with E-state index in [1.807, 2.05) is 0 Å². The first kappa shape index (κ1) is 8.88. The van der Waals surface area contributed by atoms with Crippen LogP contribution in [0.3, 0.4) is 0 Å². The van der Waals surface area contributed by atoms with Gasteiger partial charge >= 0.3 is 0 Å². The first-order chi connectivity index (χ1) is 3.98. The molecule has 0 heterocycles. The summed E-state index contributed by atoms with van der Waals surface area (Å²) in [6.45, 7) is 4.65. The van der Waals surface area contributed by atoms with Gasteiger partial charge in [0, 0.05) is 0 Å². The van der Waals surface area contributed by atoms with Gasteiger partial charge in [-0.1, -0.05) is 0 Å². The van der Waals surface area contributed by atoms with Crippen molar-refractivity contribution in [3.63, 3.8) is 0 Å². The van der Waals surface area contributed by atoms with Gasteiger partial charge in [0.15, 0.2) is 5.79 Å². The van der Waals surface area contributed by atoms with Crippen LogP contribution in [-0.2, 0) is 4.74 Å². The molecular formula is C6H14O3. The maximum atomic E-state index is 9.02. The molecule has 1 unspecified atom stereocenters. The summed E-state index contributed by atoms with van der Waals surface area (Å²) >= 11 is 0. The van der Waals surface area contributed by atoms with Crippen molar-refractivity contribution in [3.05, 3.63) is 0 Å². The summed E-state index contributed by atoms with van der Waals surface area (Å²) in [6, 6.07) is 0. The predicted molar refractivity (Wildman–Crippen MR) is 33.9 cm³/mol. The molecule has 0 rings (SSSR count). The summed E-state index contributed by atoms with van der Waals surface area (Å²) in [7, 11) is 0. The van der Waals surface area contributed by atoms with Crippen LogP contribution < -0.4 is 0 Å². The second-order valence-corrected chi connectivity index (χ2v) is 2.50. The molecule has 0 aromatic heterocycles. The molecule has 9 heavy (non-hydrogen) atoms. The number of hydrogen-bond donors (Lipinski definition) is 2. The zero-order chi connectivity index (χ0) is 7.49. The Labute approximate surface area is 55.3 Å². The lowest BCUT2D eigenvalue weighted by molar-refractivity contribution is -0.229. The molecule has 1 atom stereocenters. The van der Waals surface area contributed by atoms with Crippen LogP contribution in [0.2, 0.25) is 0 Å². The van der Waals surface area contributed by atoms with Crippen molar-refractivity contribution in [2.45, 2.75) is 32.7 Å². The lowest BCUT2D eigenvalue weighted by Crippen LogP contribution is -2.35. The highest BCUT2D eigenvalue weighted by molar-refractivity contribution is 4.57. The van der Waals surface area contributed by atoms with Gasteiger partial charge in [-0.25, -0.2) is 0 Å². The summed E-state index contributed by atoms with van der Waals surface area (Å²) < 4.78 is 4.89. The monoisotopic (exact) mass is 134 g/mol. The van der Waals surface area contributed by atoms with Gasteiger partial charge in [0.05, 0.1) is 12.7 Å². The fourth-order valence-electron chi connectivity index (χ4n) is 0.545. The highest BCUT2D eigenvalue weighted by atomic mass is 16.6. The summed E-state index contributed by atoms with van der Waals surface area (Å²) in [4.78, 5) is 0. The molecule has 0 aliphatic rings. The Balaban J connectivity index is 3.58. The number of ether oxygens (including phenoxy) is 1. The van der Waals surface area contributed by atoms with E-state index in [1.54, 1.807) is 13.8 Å². The van der Waals surface area contributed by atoms with E-state index in [4.69, 9.17) is 14.9 Å². The molecule has 0 aromatic carbocycles. The van der Waals surface area contributed by atoms with Crippen molar-refractivity contribution in [1.29, 1.82) is 0 Å². The van der Waals surface area contributed by atoms with Gasteiger partial charge in [-0.2, -0.15) is 0 Å². The lowest BCUT2D eigenvalue weighted by atomic mass is 10.3. The van der Waals surface area contributed by atoms with Gasteiger partial charge in [0.1, 0.15) is 0 Å². The molecule has 3 heteroatoms. The maximum absolute atomic E-state index is 9.02. The third-order valence-corrected chi connectivity index (χ3v) is 0.783. The third kappa shape index (κ3) is 4.39. The minimum atomic E-state index is -1.38. The van der Waals surface area contributed by atoms with Crippen LogP contribution in [0.5, 0.6) is 0 Å². The highest BCUT2D eigenvalue weighted by Crippen LogP contribution is 2.06. The van der Waals surface area contributed by atoms with Crippen LogP contribution in [0.15, 0.2) is 0 Å². The molecule has 0 saturated carbocycles. The molecule has 0 aliphatic heterocycles. The van der Waals surface area contributed by atoms with Crippen molar-refractivity contribution in [2.24, 2.45) is 0 Å². The molecule has 0 bridgehead atoms. The quantitative estimate of drug-likeness (QED) is 0.539. The molecular weight excluding hydrogens is 120 g/mol.